The second kappa shape index (κ2) is 7.11. The Morgan fingerprint density at radius 3 is 2.19 bits per heavy atom. The molecule has 0 aliphatic carbocycles. The van der Waals surface area contributed by atoms with E-state index in [2.05, 4.69) is 61.0 Å². The second-order valence-corrected chi connectivity index (χ2v) is 5.65. The number of benzene rings is 1. The molecule has 1 aromatic carbocycles. The lowest BCUT2D eigenvalue weighted by atomic mass is 9.96. The highest BCUT2D eigenvalue weighted by atomic mass is 79.9. The maximum Gasteiger partial charge on any atom is 0.0420 e. The number of halogens is 1. The molecule has 0 spiro atoms. The minimum absolute atomic E-state index is 0.503. The van der Waals surface area contributed by atoms with Gasteiger partial charge >= 0.3 is 0 Å². The lowest BCUT2D eigenvalue weighted by Crippen LogP contribution is -2.03. The Kier molecular flexibility index (Phi) is 6.12. The molecule has 1 aromatic rings. The third-order valence-corrected chi connectivity index (χ3v) is 4.51. The van der Waals surface area contributed by atoms with Crippen LogP contribution in [0.25, 0.3) is 0 Å². The molecule has 0 aromatic heterocycles. The summed E-state index contributed by atoms with van der Waals surface area (Å²) in [6.45, 7) is 6.80. The molecule has 90 valence electrons. The number of hydrogen-bond donors (Lipinski definition) is 0. The molecule has 0 amide bonds. The van der Waals surface area contributed by atoms with Gasteiger partial charge in [0.25, 0.3) is 0 Å². The van der Waals surface area contributed by atoms with E-state index in [0.29, 0.717) is 10.7 Å². The van der Waals surface area contributed by atoms with E-state index in [1.54, 1.807) is 0 Å². The Bertz CT molecular complexity index is 289. The van der Waals surface area contributed by atoms with Crippen molar-refractivity contribution in [2.45, 2.75) is 51.3 Å². The van der Waals surface area contributed by atoms with Crippen LogP contribution in [-0.4, -0.2) is 0 Å². The summed E-state index contributed by atoms with van der Waals surface area (Å²) in [6, 6.07) is 9.09. The molecule has 0 saturated heterocycles. The number of alkyl halides is 1. The fourth-order valence-electron chi connectivity index (χ4n) is 2.09. The Hall–Kier alpha value is -0.300. The van der Waals surface area contributed by atoms with E-state index in [0.717, 1.165) is 0 Å². The summed E-state index contributed by atoms with van der Waals surface area (Å²) in [5.41, 5.74) is 2.87. The molecular formula is C15H23Br. The summed E-state index contributed by atoms with van der Waals surface area (Å²) in [5, 5.41) is 0. The van der Waals surface area contributed by atoms with Crippen LogP contribution < -0.4 is 0 Å². The predicted octanol–water partition coefficient (Wildman–Crippen LogP) is 5.51. The summed E-state index contributed by atoms with van der Waals surface area (Å²) in [6.07, 6.45) is 4.96. The molecule has 0 heterocycles. The minimum Gasteiger partial charge on any atom is -0.0836 e. The lowest BCUT2D eigenvalue weighted by Gasteiger charge is -2.18. The molecule has 0 bridgehead atoms. The summed E-state index contributed by atoms with van der Waals surface area (Å²) in [5.74, 6) is 0.710. The molecule has 0 aliphatic rings. The van der Waals surface area contributed by atoms with Crippen LogP contribution in [0.5, 0.6) is 0 Å². The van der Waals surface area contributed by atoms with Gasteiger partial charge in [-0.1, -0.05) is 73.8 Å². The zero-order valence-electron chi connectivity index (χ0n) is 10.7. The number of hydrogen-bond acceptors (Lipinski definition) is 0. The number of aryl methyl sites for hydroxylation is 1. The Labute approximate surface area is 109 Å². The van der Waals surface area contributed by atoms with Crippen LogP contribution in [-0.2, 0) is 6.42 Å². The van der Waals surface area contributed by atoms with Gasteiger partial charge in [0.2, 0.25) is 0 Å². The topological polar surface area (TPSA) is 0 Å². The van der Waals surface area contributed by atoms with Crippen LogP contribution in [0.3, 0.4) is 0 Å². The zero-order chi connectivity index (χ0) is 12.0. The average Bonchev–Trinajstić information content (AvgIpc) is 2.30. The van der Waals surface area contributed by atoms with Crippen molar-refractivity contribution in [3.05, 3.63) is 35.4 Å². The van der Waals surface area contributed by atoms with Crippen molar-refractivity contribution in [1.29, 1.82) is 0 Å². The van der Waals surface area contributed by atoms with Gasteiger partial charge in [-0.2, -0.15) is 0 Å². The van der Waals surface area contributed by atoms with Crippen LogP contribution in [0, 0.1) is 5.92 Å². The average molecular weight is 283 g/mol. The van der Waals surface area contributed by atoms with Crippen molar-refractivity contribution >= 4 is 15.9 Å². The first-order chi connectivity index (χ1) is 7.69. The van der Waals surface area contributed by atoms with Crippen LogP contribution in [0.2, 0.25) is 0 Å². The molecule has 2 atom stereocenters. The highest BCUT2D eigenvalue weighted by Gasteiger charge is 2.14. The molecule has 1 heteroatoms. The van der Waals surface area contributed by atoms with Gasteiger partial charge in [0.05, 0.1) is 0 Å². The summed E-state index contributed by atoms with van der Waals surface area (Å²) in [4.78, 5) is 0.503. The maximum atomic E-state index is 3.82. The molecule has 0 radical (unpaired) electrons. The quantitative estimate of drug-likeness (QED) is 0.604. The SMILES string of the molecule is CCCc1ccc(C(Br)C(C)CCC)cc1. The standard InChI is InChI=1S/C15H23Br/c1-4-6-12(3)15(16)14-10-8-13(7-5-2)9-11-14/h8-12,15H,4-7H2,1-3H3. The van der Waals surface area contributed by atoms with Crippen molar-refractivity contribution < 1.29 is 0 Å². The van der Waals surface area contributed by atoms with Crippen LogP contribution in [0.4, 0.5) is 0 Å². The second-order valence-electron chi connectivity index (χ2n) is 4.66. The van der Waals surface area contributed by atoms with Crippen LogP contribution in [0.1, 0.15) is 56.0 Å². The van der Waals surface area contributed by atoms with E-state index in [-0.39, 0.29) is 0 Å². The summed E-state index contributed by atoms with van der Waals surface area (Å²) >= 11 is 3.82. The van der Waals surface area contributed by atoms with E-state index in [1.165, 1.54) is 36.8 Å². The van der Waals surface area contributed by atoms with Gasteiger partial charge in [0.15, 0.2) is 0 Å². The van der Waals surface area contributed by atoms with Crippen molar-refractivity contribution in [1.82, 2.24) is 0 Å². The molecule has 0 N–H and O–H groups in total. The first-order valence-electron chi connectivity index (χ1n) is 6.41. The summed E-state index contributed by atoms with van der Waals surface area (Å²) in [7, 11) is 0. The first-order valence-corrected chi connectivity index (χ1v) is 7.33. The van der Waals surface area contributed by atoms with Gasteiger partial charge in [-0.05, 0) is 29.9 Å². The highest BCUT2D eigenvalue weighted by Crippen LogP contribution is 2.33. The van der Waals surface area contributed by atoms with E-state index < -0.39 is 0 Å². The van der Waals surface area contributed by atoms with Crippen molar-refractivity contribution in [3.63, 3.8) is 0 Å². The minimum atomic E-state index is 0.503. The Morgan fingerprint density at radius 1 is 1.06 bits per heavy atom. The molecular weight excluding hydrogens is 260 g/mol. The largest absolute Gasteiger partial charge is 0.0836 e. The molecule has 0 fully saturated rings. The molecule has 16 heavy (non-hydrogen) atoms. The summed E-state index contributed by atoms with van der Waals surface area (Å²) < 4.78 is 0. The monoisotopic (exact) mass is 282 g/mol. The fraction of sp³-hybridized carbons (Fsp3) is 0.600. The van der Waals surface area contributed by atoms with Gasteiger partial charge in [-0.25, -0.2) is 0 Å². The van der Waals surface area contributed by atoms with Gasteiger partial charge < -0.3 is 0 Å². The maximum absolute atomic E-state index is 3.82. The van der Waals surface area contributed by atoms with E-state index >= 15 is 0 Å². The van der Waals surface area contributed by atoms with E-state index in [4.69, 9.17) is 0 Å². The van der Waals surface area contributed by atoms with Crippen LogP contribution in [0.15, 0.2) is 24.3 Å². The van der Waals surface area contributed by atoms with Crippen LogP contribution >= 0.6 is 15.9 Å². The van der Waals surface area contributed by atoms with Crippen molar-refractivity contribution in [2.24, 2.45) is 5.92 Å². The number of rotatable bonds is 6. The predicted molar refractivity (Wildman–Crippen MR) is 76.2 cm³/mol. The smallest absolute Gasteiger partial charge is 0.0420 e. The molecule has 1 rings (SSSR count). The van der Waals surface area contributed by atoms with Crippen molar-refractivity contribution in [3.8, 4) is 0 Å². The fourth-order valence-corrected chi connectivity index (χ4v) is 2.66. The van der Waals surface area contributed by atoms with Gasteiger partial charge in [-0.3, -0.25) is 0 Å². The third kappa shape index (κ3) is 3.93. The Morgan fingerprint density at radius 2 is 1.69 bits per heavy atom. The van der Waals surface area contributed by atoms with Gasteiger partial charge in [0, 0.05) is 4.83 Å². The normalized spacial score (nSPS) is 14.8. The van der Waals surface area contributed by atoms with E-state index in [1.807, 2.05) is 0 Å². The molecule has 0 nitrogen and oxygen atoms in total. The Balaban J connectivity index is 2.65. The lowest BCUT2D eigenvalue weighted by molar-refractivity contribution is 0.518. The molecule has 2 unspecified atom stereocenters. The molecule has 0 saturated carbocycles. The third-order valence-electron chi connectivity index (χ3n) is 3.08. The van der Waals surface area contributed by atoms with Gasteiger partial charge in [0.1, 0.15) is 0 Å². The van der Waals surface area contributed by atoms with E-state index in [9.17, 15) is 0 Å². The van der Waals surface area contributed by atoms with Gasteiger partial charge in [-0.15, -0.1) is 0 Å². The highest BCUT2D eigenvalue weighted by molar-refractivity contribution is 9.09. The zero-order valence-corrected chi connectivity index (χ0v) is 12.3. The molecule has 0 aliphatic heterocycles. The van der Waals surface area contributed by atoms with Crippen molar-refractivity contribution in [2.75, 3.05) is 0 Å². The first kappa shape index (κ1) is 13.8.